The lowest BCUT2D eigenvalue weighted by Gasteiger charge is -2.35. The SMILES string of the molecule is CNc1nc(C)c([N+](=O)[O-])c(NC2CCN(C)CC2C)n1. The Morgan fingerprint density at radius 2 is 2.14 bits per heavy atom. The fourth-order valence-electron chi connectivity index (χ4n) is 2.74. The molecule has 1 fully saturated rings. The van der Waals surface area contributed by atoms with E-state index in [1.165, 1.54) is 0 Å². The first-order valence-corrected chi connectivity index (χ1v) is 7.08. The van der Waals surface area contributed by atoms with Crippen molar-refractivity contribution in [3.05, 3.63) is 15.8 Å². The Bertz CT molecular complexity index is 536. The second-order valence-electron chi connectivity index (χ2n) is 5.62. The van der Waals surface area contributed by atoms with Crippen LogP contribution in [-0.2, 0) is 0 Å². The fourth-order valence-corrected chi connectivity index (χ4v) is 2.74. The zero-order valence-corrected chi connectivity index (χ0v) is 12.9. The van der Waals surface area contributed by atoms with E-state index in [0.717, 1.165) is 19.5 Å². The maximum Gasteiger partial charge on any atom is 0.332 e. The number of nitrogens with zero attached hydrogens (tertiary/aromatic N) is 4. The van der Waals surface area contributed by atoms with Crippen molar-refractivity contribution in [1.29, 1.82) is 0 Å². The van der Waals surface area contributed by atoms with Crippen LogP contribution in [0.3, 0.4) is 0 Å². The van der Waals surface area contributed by atoms with Crippen LogP contribution >= 0.6 is 0 Å². The molecule has 2 heterocycles. The molecule has 0 radical (unpaired) electrons. The van der Waals surface area contributed by atoms with Crippen LogP contribution in [0.4, 0.5) is 17.5 Å². The number of nitrogens with one attached hydrogen (secondary N) is 2. The highest BCUT2D eigenvalue weighted by atomic mass is 16.6. The van der Waals surface area contributed by atoms with E-state index in [-0.39, 0.29) is 11.7 Å². The number of rotatable bonds is 4. The van der Waals surface area contributed by atoms with Crippen LogP contribution in [0.15, 0.2) is 0 Å². The largest absolute Gasteiger partial charge is 0.361 e. The average Bonchev–Trinajstić information content (AvgIpc) is 2.40. The van der Waals surface area contributed by atoms with E-state index in [0.29, 0.717) is 23.4 Å². The van der Waals surface area contributed by atoms with Gasteiger partial charge in [-0.3, -0.25) is 10.1 Å². The molecule has 1 aromatic rings. The van der Waals surface area contributed by atoms with Gasteiger partial charge in [-0.15, -0.1) is 0 Å². The predicted molar refractivity (Wildman–Crippen MR) is 81.7 cm³/mol. The molecule has 2 N–H and O–H groups in total. The summed E-state index contributed by atoms with van der Waals surface area (Å²) in [5, 5.41) is 17.4. The maximum atomic E-state index is 11.3. The molecule has 21 heavy (non-hydrogen) atoms. The standard InChI is InChI=1S/C13H22N6O2/c1-8-7-18(4)6-5-10(8)16-12-11(19(20)21)9(2)15-13(14-3)17-12/h8,10H,5-7H2,1-4H3,(H2,14,15,16,17). The molecule has 2 rings (SSSR count). The van der Waals surface area contributed by atoms with Crippen molar-refractivity contribution in [3.63, 3.8) is 0 Å². The van der Waals surface area contributed by atoms with Crippen molar-refractivity contribution in [2.45, 2.75) is 26.3 Å². The Kier molecular flexibility index (Phi) is 4.56. The highest BCUT2D eigenvalue weighted by Gasteiger charge is 2.29. The molecule has 0 saturated carbocycles. The van der Waals surface area contributed by atoms with Crippen LogP contribution in [0, 0.1) is 23.0 Å². The fraction of sp³-hybridized carbons (Fsp3) is 0.692. The van der Waals surface area contributed by atoms with E-state index in [9.17, 15) is 10.1 Å². The van der Waals surface area contributed by atoms with Gasteiger partial charge in [0.1, 0.15) is 5.69 Å². The summed E-state index contributed by atoms with van der Waals surface area (Å²) in [7, 11) is 3.78. The van der Waals surface area contributed by atoms with Crippen LogP contribution in [0.25, 0.3) is 0 Å². The molecule has 0 amide bonds. The van der Waals surface area contributed by atoms with Crippen molar-refractivity contribution in [2.24, 2.45) is 5.92 Å². The molecule has 1 aliphatic rings. The van der Waals surface area contributed by atoms with Crippen LogP contribution in [-0.4, -0.2) is 53.0 Å². The third-order valence-corrected chi connectivity index (χ3v) is 3.89. The minimum atomic E-state index is -0.420. The molecule has 2 unspecified atom stereocenters. The molecular formula is C13H22N6O2. The van der Waals surface area contributed by atoms with Gasteiger partial charge >= 0.3 is 5.69 Å². The highest BCUT2D eigenvalue weighted by molar-refractivity contribution is 5.61. The number of aryl methyl sites for hydroxylation is 1. The molecule has 2 atom stereocenters. The molecule has 0 aliphatic carbocycles. The molecule has 0 spiro atoms. The van der Waals surface area contributed by atoms with Crippen molar-refractivity contribution in [2.75, 3.05) is 37.8 Å². The van der Waals surface area contributed by atoms with Crippen molar-refractivity contribution in [1.82, 2.24) is 14.9 Å². The number of nitro groups is 1. The molecular weight excluding hydrogens is 272 g/mol. The van der Waals surface area contributed by atoms with Gasteiger partial charge < -0.3 is 15.5 Å². The molecule has 116 valence electrons. The molecule has 8 nitrogen and oxygen atoms in total. The maximum absolute atomic E-state index is 11.3. The summed E-state index contributed by atoms with van der Waals surface area (Å²) in [6.45, 7) is 5.71. The highest BCUT2D eigenvalue weighted by Crippen LogP contribution is 2.29. The Hall–Kier alpha value is -1.96. The van der Waals surface area contributed by atoms with Gasteiger partial charge in [0.05, 0.1) is 4.92 Å². The van der Waals surface area contributed by atoms with Crippen LogP contribution < -0.4 is 10.6 Å². The van der Waals surface area contributed by atoms with Gasteiger partial charge in [0.2, 0.25) is 11.8 Å². The Labute approximate surface area is 124 Å². The zero-order chi connectivity index (χ0) is 15.6. The molecule has 0 bridgehead atoms. The minimum absolute atomic E-state index is 0.0415. The average molecular weight is 294 g/mol. The zero-order valence-electron chi connectivity index (χ0n) is 12.9. The summed E-state index contributed by atoms with van der Waals surface area (Å²) in [6.07, 6.45) is 0.937. The number of hydrogen-bond acceptors (Lipinski definition) is 7. The van der Waals surface area contributed by atoms with Crippen molar-refractivity contribution >= 4 is 17.5 Å². The van der Waals surface area contributed by atoms with Crippen LogP contribution in [0.1, 0.15) is 19.0 Å². The first kappa shape index (κ1) is 15.4. The summed E-state index contributed by atoms with van der Waals surface area (Å²) >= 11 is 0. The topological polar surface area (TPSA) is 96.2 Å². The Morgan fingerprint density at radius 3 is 2.71 bits per heavy atom. The number of hydrogen-bond donors (Lipinski definition) is 2. The first-order valence-electron chi connectivity index (χ1n) is 7.08. The lowest BCUT2D eigenvalue weighted by molar-refractivity contribution is -0.385. The Balaban J connectivity index is 2.29. The first-order chi connectivity index (χ1) is 9.92. The summed E-state index contributed by atoms with van der Waals surface area (Å²) < 4.78 is 0. The number of aromatic nitrogens is 2. The summed E-state index contributed by atoms with van der Waals surface area (Å²) in [4.78, 5) is 21.4. The van der Waals surface area contributed by atoms with E-state index < -0.39 is 4.92 Å². The van der Waals surface area contributed by atoms with Gasteiger partial charge in [-0.25, -0.2) is 4.98 Å². The van der Waals surface area contributed by atoms with E-state index in [1.54, 1.807) is 14.0 Å². The normalized spacial score (nSPS) is 22.9. The van der Waals surface area contributed by atoms with Gasteiger partial charge in [0, 0.05) is 19.6 Å². The van der Waals surface area contributed by atoms with Gasteiger partial charge in [0.15, 0.2) is 0 Å². The third-order valence-electron chi connectivity index (χ3n) is 3.89. The third kappa shape index (κ3) is 3.38. The smallest absolute Gasteiger partial charge is 0.332 e. The van der Waals surface area contributed by atoms with Gasteiger partial charge in [-0.05, 0) is 32.9 Å². The van der Waals surface area contributed by atoms with E-state index >= 15 is 0 Å². The van der Waals surface area contributed by atoms with Crippen LogP contribution in [0.2, 0.25) is 0 Å². The lowest BCUT2D eigenvalue weighted by atomic mass is 9.94. The Morgan fingerprint density at radius 1 is 1.43 bits per heavy atom. The van der Waals surface area contributed by atoms with E-state index in [1.807, 2.05) is 0 Å². The molecule has 8 heteroatoms. The summed E-state index contributed by atoms with van der Waals surface area (Å²) in [6, 6.07) is 0.180. The second kappa shape index (κ2) is 6.21. The van der Waals surface area contributed by atoms with Gasteiger partial charge in [0.25, 0.3) is 0 Å². The van der Waals surface area contributed by atoms with Crippen LogP contribution in [0.5, 0.6) is 0 Å². The molecule has 0 aromatic carbocycles. The summed E-state index contributed by atoms with van der Waals surface area (Å²) in [5.74, 6) is 1.09. The number of piperidine rings is 1. The lowest BCUT2D eigenvalue weighted by Crippen LogP contribution is -2.43. The van der Waals surface area contributed by atoms with Crippen molar-refractivity contribution in [3.8, 4) is 0 Å². The van der Waals surface area contributed by atoms with Crippen molar-refractivity contribution < 1.29 is 4.92 Å². The van der Waals surface area contributed by atoms with E-state index in [2.05, 4.69) is 39.5 Å². The quantitative estimate of drug-likeness (QED) is 0.641. The minimum Gasteiger partial charge on any atom is -0.361 e. The number of anilines is 2. The van der Waals surface area contributed by atoms with E-state index in [4.69, 9.17) is 0 Å². The molecule has 1 aromatic heterocycles. The second-order valence-corrected chi connectivity index (χ2v) is 5.62. The predicted octanol–water partition coefficient (Wildman–Crippen LogP) is 1.49. The monoisotopic (exact) mass is 294 g/mol. The molecule has 1 saturated heterocycles. The summed E-state index contributed by atoms with van der Waals surface area (Å²) in [5.41, 5.74) is 0.322. The molecule has 1 aliphatic heterocycles. The van der Waals surface area contributed by atoms with Gasteiger partial charge in [-0.2, -0.15) is 4.98 Å². The number of likely N-dealkylation sites (tertiary alicyclic amines) is 1. The van der Waals surface area contributed by atoms with Gasteiger partial charge in [-0.1, -0.05) is 6.92 Å².